The second-order valence-electron chi connectivity index (χ2n) is 3.18. The summed E-state index contributed by atoms with van der Waals surface area (Å²) in [7, 11) is 0. The quantitative estimate of drug-likeness (QED) is 0.934. The maximum absolute atomic E-state index is 10.6. The molecule has 0 radical (unpaired) electrons. The van der Waals surface area contributed by atoms with E-state index in [1.54, 1.807) is 18.2 Å². The number of carboxylic acids is 1. The molecular weight excluding hydrogens is 311 g/mol. The van der Waals surface area contributed by atoms with Gasteiger partial charge in [-0.1, -0.05) is 11.6 Å². The van der Waals surface area contributed by atoms with Crippen LogP contribution in [0.15, 0.2) is 22.7 Å². The third-order valence-electron chi connectivity index (χ3n) is 1.99. The molecule has 0 aliphatic carbocycles. The van der Waals surface area contributed by atoms with Crippen molar-refractivity contribution in [3.63, 3.8) is 0 Å². The summed E-state index contributed by atoms with van der Waals surface area (Å²) in [6.07, 6.45) is 0. The van der Waals surface area contributed by atoms with E-state index >= 15 is 0 Å². The SMILES string of the molecule is O=C(O)Cn1nnnc1-c1ccc(Cl)cc1Br. The minimum absolute atomic E-state index is 0.294. The van der Waals surface area contributed by atoms with Gasteiger partial charge in [0.05, 0.1) is 0 Å². The lowest BCUT2D eigenvalue weighted by Crippen LogP contribution is -2.11. The van der Waals surface area contributed by atoms with E-state index in [4.69, 9.17) is 16.7 Å². The first-order chi connectivity index (χ1) is 8.08. The average molecular weight is 318 g/mol. The van der Waals surface area contributed by atoms with Crippen molar-refractivity contribution in [2.75, 3.05) is 0 Å². The summed E-state index contributed by atoms with van der Waals surface area (Å²) in [5.74, 6) is -0.639. The predicted octanol–water partition coefficient (Wildman–Crippen LogP) is 1.84. The van der Waals surface area contributed by atoms with Crippen molar-refractivity contribution in [1.82, 2.24) is 20.2 Å². The van der Waals surface area contributed by atoms with Gasteiger partial charge in [-0.25, -0.2) is 4.68 Å². The van der Waals surface area contributed by atoms with Crippen molar-refractivity contribution < 1.29 is 9.90 Å². The fourth-order valence-corrected chi connectivity index (χ4v) is 2.16. The molecule has 17 heavy (non-hydrogen) atoms. The molecule has 6 nitrogen and oxygen atoms in total. The Morgan fingerprint density at radius 1 is 1.53 bits per heavy atom. The molecule has 8 heteroatoms. The molecule has 2 aromatic rings. The average Bonchev–Trinajstić information content (AvgIpc) is 2.65. The highest BCUT2D eigenvalue weighted by Gasteiger charge is 2.14. The largest absolute Gasteiger partial charge is 0.480 e. The monoisotopic (exact) mass is 316 g/mol. The van der Waals surface area contributed by atoms with Gasteiger partial charge in [0.25, 0.3) is 0 Å². The maximum atomic E-state index is 10.6. The third-order valence-corrected chi connectivity index (χ3v) is 2.88. The highest BCUT2D eigenvalue weighted by molar-refractivity contribution is 9.10. The first kappa shape index (κ1) is 12.0. The molecular formula is C9H6BrClN4O2. The van der Waals surface area contributed by atoms with Gasteiger partial charge >= 0.3 is 5.97 Å². The van der Waals surface area contributed by atoms with Gasteiger partial charge in [0.15, 0.2) is 5.82 Å². The van der Waals surface area contributed by atoms with Gasteiger partial charge in [-0.15, -0.1) is 5.10 Å². The molecule has 0 saturated heterocycles. The Morgan fingerprint density at radius 2 is 2.29 bits per heavy atom. The van der Waals surface area contributed by atoms with E-state index in [-0.39, 0.29) is 6.54 Å². The molecule has 0 unspecified atom stereocenters. The van der Waals surface area contributed by atoms with E-state index in [2.05, 4.69) is 31.5 Å². The standard InChI is InChI=1S/C9H6BrClN4O2/c10-7-3-5(11)1-2-6(7)9-12-13-14-15(9)4-8(16)17/h1-3H,4H2,(H,16,17). The van der Waals surface area contributed by atoms with Crippen LogP contribution in [0, 0.1) is 0 Å². The van der Waals surface area contributed by atoms with Crippen LogP contribution in [0.3, 0.4) is 0 Å². The first-order valence-electron chi connectivity index (χ1n) is 4.51. The number of aliphatic carboxylic acids is 1. The van der Waals surface area contributed by atoms with Gasteiger partial charge in [-0.2, -0.15) is 0 Å². The number of hydrogen-bond acceptors (Lipinski definition) is 4. The van der Waals surface area contributed by atoms with E-state index in [0.717, 1.165) is 0 Å². The summed E-state index contributed by atoms with van der Waals surface area (Å²) in [5.41, 5.74) is 0.681. The summed E-state index contributed by atoms with van der Waals surface area (Å²) in [6, 6.07) is 5.09. The van der Waals surface area contributed by atoms with Crippen molar-refractivity contribution >= 4 is 33.5 Å². The maximum Gasteiger partial charge on any atom is 0.325 e. The summed E-state index contributed by atoms with van der Waals surface area (Å²) < 4.78 is 1.91. The summed E-state index contributed by atoms with van der Waals surface area (Å²) in [6.45, 7) is -0.294. The highest BCUT2D eigenvalue weighted by Crippen LogP contribution is 2.28. The Bertz CT molecular complexity index is 572. The molecule has 88 valence electrons. The van der Waals surface area contributed by atoms with Crippen LogP contribution < -0.4 is 0 Å². The summed E-state index contributed by atoms with van der Waals surface area (Å²) in [5, 5.41) is 20.2. The Balaban J connectivity index is 2.46. The van der Waals surface area contributed by atoms with Gasteiger partial charge in [0.1, 0.15) is 6.54 Å². The number of tetrazole rings is 1. The minimum atomic E-state index is -1.01. The number of aromatic nitrogens is 4. The molecule has 0 saturated carbocycles. The minimum Gasteiger partial charge on any atom is -0.480 e. The number of benzene rings is 1. The zero-order valence-electron chi connectivity index (χ0n) is 8.34. The van der Waals surface area contributed by atoms with Crippen molar-refractivity contribution in [3.05, 3.63) is 27.7 Å². The number of rotatable bonds is 3. The Kier molecular flexibility index (Phi) is 3.39. The van der Waals surface area contributed by atoms with Gasteiger partial charge in [0.2, 0.25) is 0 Å². The number of hydrogen-bond donors (Lipinski definition) is 1. The second-order valence-corrected chi connectivity index (χ2v) is 4.47. The lowest BCUT2D eigenvalue weighted by Gasteiger charge is -2.04. The molecule has 1 heterocycles. The van der Waals surface area contributed by atoms with E-state index < -0.39 is 5.97 Å². The zero-order chi connectivity index (χ0) is 12.4. The van der Waals surface area contributed by atoms with Crippen LogP contribution in [-0.4, -0.2) is 31.3 Å². The molecule has 1 N–H and O–H groups in total. The van der Waals surface area contributed by atoms with Gasteiger partial charge in [-0.3, -0.25) is 4.79 Å². The van der Waals surface area contributed by atoms with Gasteiger partial charge < -0.3 is 5.11 Å². The third kappa shape index (κ3) is 2.62. The van der Waals surface area contributed by atoms with Crippen LogP contribution in [0.4, 0.5) is 0 Å². The Hall–Kier alpha value is -1.47. The van der Waals surface area contributed by atoms with Crippen molar-refractivity contribution in [1.29, 1.82) is 0 Å². The smallest absolute Gasteiger partial charge is 0.325 e. The van der Waals surface area contributed by atoms with Crippen LogP contribution in [-0.2, 0) is 11.3 Å². The molecule has 1 aromatic heterocycles. The Labute approximate surface area is 109 Å². The fraction of sp³-hybridized carbons (Fsp3) is 0.111. The van der Waals surface area contributed by atoms with Crippen LogP contribution >= 0.6 is 27.5 Å². The Morgan fingerprint density at radius 3 is 2.94 bits per heavy atom. The second kappa shape index (κ2) is 4.80. The summed E-state index contributed by atoms with van der Waals surface area (Å²) in [4.78, 5) is 10.6. The molecule has 0 bridgehead atoms. The summed E-state index contributed by atoms with van der Waals surface area (Å²) >= 11 is 9.15. The molecule has 1 aromatic carbocycles. The van der Waals surface area contributed by atoms with Gasteiger partial charge in [0, 0.05) is 15.1 Å². The predicted molar refractivity (Wildman–Crippen MR) is 63.6 cm³/mol. The van der Waals surface area contributed by atoms with Gasteiger partial charge in [-0.05, 0) is 44.6 Å². The number of carbonyl (C=O) groups is 1. The highest BCUT2D eigenvalue weighted by atomic mass is 79.9. The molecule has 0 aliphatic rings. The number of nitrogens with zero attached hydrogens (tertiary/aromatic N) is 4. The van der Waals surface area contributed by atoms with Crippen molar-refractivity contribution in [3.8, 4) is 11.4 Å². The molecule has 0 aliphatic heterocycles. The van der Waals surface area contributed by atoms with E-state index in [9.17, 15) is 4.79 Å². The van der Waals surface area contributed by atoms with Crippen LogP contribution in [0.1, 0.15) is 0 Å². The first-order valence-corrected chi connectivity index (χ1v) is 5.68. The molecule has 0 fully saturated rings. The van der Waals surface area contributed by atoms with Crippen molar-refractivity contribution in [2.45, 2.75) is 6.54 Å². The molecule has 0 amide bonds. The lowest BCUT2D eigenvalue weighted by atomic mass is 10.2. The lowest BCUT2D eigenvalue weighted by molar-refractivity contribution is -0.137. The van der Waals surface area contributed by atoms with E-state index in [0.29, 0.717) is 20.9 Å². The molecule has 0 spiro atoms. The van der Waals surface area contributed by atoms with Crippen LogP contribution in [0.5, 0.6) is 0 Å². The van der Waals surface area contributed by atoms with E-state index in [1.807, 2.05) is 0 Å². The molecule has 2 rings (SSSR count). The van der Waals surface area contributed by atoms with Crippen molar-refractivity contribution in [2.24, 2.45) is 0 Å². The van der Waals surface area contributed by atoms with E-state index in [1.165, 1.54) is 4.68 Å². The fourth-order valence-electron chi connectivity index (χ4n) is 1.30. The number of halogens is 2. The topological polar surface area (TPSA) is 80.9 Å². The number of carboxylic acid groups (broad SMARTS) is 1. The normalized spacial score (nSPS) is 10.5. The van der Waals surface area contributed by atoms with Crippen LogP contribution in [0.25, 0.3) is 11.4 Å². The molecule has 0 atom stereocenters. The zero-order valence-corrected chi connectivity index (χ0v) is 10.7. The van der Waals surface area contributed by atoms with Crippen LogP contribution in [0.2, 0.25) is 5.02 Å².